The molecule has 0 aliphatic carbocycles. The summed E-state index contributed by atoms with van der Waals surface area (Å²) in [5, 5.41) is 5.36. The highest BCUT2D eigenvalue weighted by atomic mass is 16.7. The largest absolute Gasteiger partial charge is 0.348 e. The van der Waals surface area contributed by atoms with Gasteiger partial charge in [-0.15, -0.1) is 0 Å². The fraction of sp³-hybridized carbons (Fsp3) is 0.500. The van der Waals surface area contributed by atoms with Crippen molar-refractivity contribution in [2.75, 3.05) is 19.8 Å². The third-order valence-corrected chi connectivity index (χ3v) is 4.93. The van der Waals surface area contributed by atoms with Crippen LogP contribution in [0.15, 0.2) is 29.1 Å². The molecule has 7 nitrogen and oxygen atoms in total. The van der Waals surface area contributed by atoms with Crippen molar-refractivity contribution in [3.8, 4) is 0 Å². The number of likely N-dealkylation sites (tertiary alicyclic amines) is 1. The third kappa shape index (κ3) is 2.83. The Morgan fingerprint density at radius 1 is 1.16 bits per heavy atom. The lowest BCUT2D eigenvalue weighted by Crippen LogP contribution is -2.50. The van der Waals surface area contributed by atoms with Crippen LogP contribution >= 0.6 is 0 Å². The summed E-state index contributed by atoms with van der Waals surface area (Å²) in [7, 11) is 1.57. The first-order valence-electron chi connectivity index (χ1n) is 8.67. The minimum absolute atomic E-state index is 0.110. The molecule has 1 aromatic heterocycles. The number of piperidine rings is 1. The van der Waals surface area contributed by atoms with Gasteiger partial charge in [-0.3, -0.25) is 9.59 Å². The van der Waals surface area contributed by atoms with Gasteiger partial charge in [0.15, 0.2) is 12.0 Å². The molecule has 2 saturated heterocycles. The molecule has 2 aliphatic heterocycles. The molecule has 0 spiro atoms. The molecular weight excluding hydrogens is 322 g/mol. The van der Waals surface area contributed by atoms with E-state index in [1.165, 1.54) is 4.68 Å². The second kappa shape index (κ2) is 6.57. The molecule has 0 N–H and O–H groups in total. The summed E-state index contributed by atoms with van der Waals surface area (Å²) in [6.07, 6.45) is 2.46. The van der Waals surface area contributed by atoms with E-state index in [0.717, 1.165) is 19.3 Å². The number of aryl methyl sites for hydroxylation is 1. The van der Waals surface area contributed by atoms with Crippen LogP contribution in [0.2, 0.25) is 0 Å². The van der Waals surface area contributed by atoms with E-state index >= 15 is 0 Å². The van der Waals surface area contributed by atoms with Crippen LogP contribution in [0.3, 0.4) is 0 Å². The second-order valence-corrected chi connectivity index (χ2v) is 6.49. The van der Waals surface area contributed by atoms with Crippen molar-refractivity contribution < 1.29 is 14.3 Å². The summed E-state index contributed by atoms with van der Waals surface area (Å²) in [5.74, 6) is -0.171. The maximum absolute atomic E-state index is 13.3. The van der Waals surface area contributed by atoms with Gasteiger partial charge in [-0.1, -0.05) is 18.2 Å². The molecule has 3 heterocycles. The normalized spacial score (nSPS) is 21.8. The molecule has 1 atom stereocenters. The van der Waals surface area contributed by atoms with Gasteiger partial charge in [0.1, 0.15) is 0 Å². The monoisotopic (exact) mass is 343 g/mol. The molecule has 7 heteroatoms. The van der Waals surface area contributed by atoms with Crippen LogP contribution in [-0.2, 0) is 16.5 Å². The first kappa shape index (κ1) is 16.2. The molecule has 2 aliphatic rings. The molecule has 1 aromatic carbocycles. The molecule has 0 saturated carbocycles. The van der Waals surface area contributed by atoms with Crippen LogP contribution in [0.1, 0.15) is 29.8 Å². The van der Waals surface area contributed by atoms with Crippen molar-refractivity contribution in [2.24, 2.45) is 7.05 Å². The zero-order valence-corrected chi connectivity index (χ0v) is 14.2. The molecule has 4 rings (SSSR count). The minimum Gasteiger partial charge on any atom is -0.348 e. The van der Waals surface area contributed by atoms with E-state index in [2.05, 4.69) is 5.10 Å². The molecule has 1 amide bonds. The van der Waals surface area contributed by atoms with Crippen molar-refractivity contribution in [2.45, 2.75) is 31.6 Å². The Hall–Kier alpha value is -2.25. The lowest BCUT2D eigenvalue weighted by molar-refractivity contribution is -0.100. The Kier molecular flexibility index (Phi) is 4.27. The fourth-order valence-corrected chi connectivity index (χ4v) is 3.68. The van der Waals surface area contributed by atoms with Crippen molar-refractivity contribution in [1.29, 1.82) is 0 Å². The van der Waals surface area contributed by atoms with E-state index in [4.69, 9.17) is 9.47 Å². The van der Waals surface area contributed by atoms with Crippen molar-refractivity contribution in [3.05, 3.63) is 40.3 Å². The highest BCUT2D eigenvalue weighted by Gasteiger charge is 2.37. The highest BCUT2D eigenvalue weighted by Crippen LogP contribution is 2.27. The number of fused-ring (bicyclic) bond motifs is 1. The van der Waals surface area contributed by atoms with Gasteiger partial charge in [0.05, 0.1) is 24.6 Å². The SMILES string of the molecule is Cn1nc(C(=O)N2CCCCC2C2OCCO2)c2ccccc2c1=O. The number of carbonyl (C=O) groups is 1. The van der Waals surface area contributed by atoms with E-state index in [1.807, 2.05) is 6.07 Å². The summed E-state index contributed by atoms with van der Waals surface area (Å²) in [6, 6.07) is 7.01. The standard InChI is InChI=1S/C18H21N3O4/c1-20-16(22)13-7-3-2-6-12(13)15(19-20)17(23)21-9-5-4-8-14(21)18-24-10-11-25-18/h2-3,6-7,14,18H,4-5,8-11H2,1H3. The lowest BCUT2D eigenvalue weighted by atomic mass is 10.00. The van der Waals surface area contributed by atoms with Crippen molar-refractivity contribution in [1.82, 2.24) is 14.7 Å². The first-order valence-corrected chi connectivity index (χ1v) is 8.67. The summed E-state index contributed by atoms with van der Waals surface area (Å²) in [6.45, 7) is 1.76. The van der Waals surface area contributed by atoms with Gasteiger partial charge >= 0.3 is 0 Å². The smallest absolute Gasteiger partial charge is 0.275 e. The number of hydrogen-bond acceptors (Lipinski definition) is 5. The Balaban J connectivity index is 1.76. The van der Waals surface area contributed by atoms with Crippen LogP contribution in [0.25, 0.3) is 10.8 Å². The number of amides is 1. The minimum atomic E-state index is -0.372. The van der Waals surface area contributed by atoms with Gasteiger partial charge in [0, 0.05) is 19.0 Å². The predicted molar refractivity (Wildman–Crippen MR) is 91.4 cm³/mol. The Labute approximate surface area is 145 Å². The predicted octanol–water partition coefficient (Wildman–Crippen LogP) is 1.30. The van der Waals surface area contributed by atoms with Gasteiger partial charge in [-0.2, -0.15) is 5.10 Å². The van der Waals surface area contributed by atoms with E-state index < -0.39 is 0 Å². The van der Waals surface area contributed by atoms with Crippen LogP contribution < -0.4 is 5.56 Å². The maximum Gasteiger partial charge on any atom is 0.275 e. The van der Waals surface area contributed by atoms with Crippen LogP contribution in [0.4, 0.5) is 0 Å². The maximum atomic E-state index is 13.3. The number of nitrogens with zero attached hydrogens (tertiary/aromatic N) is 3. The van der Waals surface area contributed by atoms with E-state index in [-0.39, 0.29) is 23.8 Å². The average Bonchev–Trinajstić information content (AvgIpc) is 3.19. The summed E-state index contributed by atoms with van der Waals surface area (Å²) < 4.78 is 12.5. The van der Waals surface area contributed by atoms with E-state index in [0.29, 0.717) is 36.2 Å². The first-order chi connectivity index (χ1) is 12.2. The zero-order chi connectivity index (χ0) is 17.4. The van der Waals surface area contributed by atoms with Crippen LogP contribution in [0.5, 0.6) is 0 Å². The number of rotatable bonds is 2. The third-order valence-electron chi connectivity index (χ3n) is 4.93. The summed E-state index contributed by atoms with van der Waals surface area (Å²) in [5.41, 5.74) is 0.104. The van der Waals surface area contributed by atoms with Crippen LogP contribution in [0, 0.1) is 0 Å². The Morgan fingerprint density at radius 3 is 2.64 bits per heavy atom. The molecule has 1 unspecified atom stereocenters. The van der Waals surface area contributed by atoms with Crippen molar-refractivity contribution in [3.63, 3.8) is 0 Å². The number of aromatic nitrogens is 2. The lowest BCUT2D eigenvalue weighted by Gasteiger charge is -2.37. The van der Waals surface area contributed by atoms with Crippen molar-refractivity contribution >= 4 is 16.7 Å². The van der Waals surface area contributed by atoms with Gasteiger partial charge in [0.25, 0.3) is 11.5 Å². The van der Waals surface area contributed by atoms with Gasteiger partial charge in [-0.25, -0.2) is 4.68 Å². The van der Waals surface area contributed by atoms with Gasteiger partial charge in [-0.05, 0) is 25.3 Å². The molecule has 0 bridgehead atoms. The quantitative estimate of drug-likeness (QED) is 0.822. The molecular formula is C18H21N3O4. The van der Waals surface area contributed by atoms with E-state index in [9.17, 15) is 9.59 Å². The molecule has 2 aromatic rings. The van der Waals surface area contributed by atoms with Crippen LogP contribution in [-0.4, -0.2) is 52.7 Å². The number of benzene rings is 1. The molecule has 132 valence electrons. The van der Waals surface area contributed by atoms with Gasteiger partial charge < -0.3 is 14.4 Å². The number of ether oxygens (including phenoxy) is 2. The summed E-state index contributed by atoms with van der Waals surface area (Å²) >= 11 is 0. The van der Waals surface area contributed by atoms with Gasteiger partial charge in [0.2, 0.25) is 0 Å². The summed E-state index contributed by atoms with van der Waals surface area (Å²) in [4.78, 5) is 27.4. The Bertz CT molecular complexity index is 857. The van der Waals surface area contributed by atoms with E-state index in [1.54, 1.807) is 30.1 Å². The molecule has 0 radical (unpaired) electrons. The average molecular weight is 343 g/mol. The number of carbonyl (C=O) groups excluding carboxylic acids is 1. The fourth-order valence-electron chi connectivity index (χ4n) is 3.68. The molecule has 2 fully saturated rings. The topological polar surface area (TPSA) is 73.7 Å². The zero-order valence-electron chi connectivity index (χ0n) is 14.2. The highest BCUT2D eigenvalue weighted by molar-refractivity contribution is 6.04. The number of hydrogen-bond donors (Lipinski definition) is 0. The second-order valence-electron chi connectivity index (χ2n) is 6.49. The Morgan fingerprint density at radius 2 is 1.88 bits per heavy atom. The molecule has 25 heavy (non-hydrogen) atoms.